The number of ether oxygens (including phenoxy) is 2. The second-order valence-electron chi connectivity index (χ2n) is 7.30. The Balaban J connectivity index is 2.08. The molecule has 0 radical (unpaired) electrons. The monoisotopic (exact) mass is 488 g/mol. The molecule has 2 N–H and O–H groups in total. The summed E-state index contributed by atoms with van der Waals surface area (Å²) >= 11 is 5.95. The normalized spacial score (nSPS) is 12.4. The number of nitrogens with two attached hydrogens (primary N) is 1. The van der Waals surface area contributed by atoms with Crippen LogP contribution in [-0.4, -0.2) is 38.9 Å². The summed E-state index contributed by atoms with van der Waals surface area (Å²) in [5.41, 5.74) is 7.11. The van der Waals surface area contributed by atoms with Crippen molar-refractivity contribution in [3.63, 3.8) is 0 Å². The SMILES string of the molecule is COc1ccc(CN([C@@H](Cc2ccccc2)C(N)=O)S(=O)(=O)c2ccc(Cl)cc2)cc1OC. The first kappa shape index (κ1) is 24.6. The average molecular weight is 489 g/mol. The minimum Gasteiger partial charge on any atom is -0.493 e. The number of nitrogens with zero attached hydrogens (tertiary/aromatic N) is 1. The molecule has 0 saturated heterocycles. The summed E-state index contributed by atoms with van der Waals surface area (Å²) in [7, 11) is -1.11. The van der Waals surface area contributed by atoms with Gasteiger partial charge in [-0.2, -0.15) is 4.31 Å². The highest BCUT2D eigenvalue weighted by Crippen LogP contribution is 2.30. The molecule has 0 aliphatic rings. The first-order chi connectivity index (χ1) is 15.8. The van der Waals surface area contributed by atoms with Gasteiger partial charge < -0.3 is 15.2 Å². The van der Waals surface area contributed by atoms with E-state index in [9.17, 15) is 13.2 Å². The van der Waals surface area contributed by atoms with Crippen molar-refractivity contribution in [1.82, 2.24) is 4.31 Å². The molecule has 0 saturated carbocycles. The van der Waals surface area contributed by atoms with E-state index in [2.05, 4.69) is 0 Å². The highest BCUT2D eigenvalue weighted by atomic mass is 35.5. The third kappa shape index (κ3) is 5.84. The third-order valence-corrected chi connectivity index (χ3v) is 7.28. The first-order valence-electron chi connectivity index (χ1n) is 10.1. The van der Waals surface area contributed by atoms with Gasteiger partial charge in [0, 0.05) is 11.6 Å². The van der Waals surface area contributed by atoms with Crippen molar-refractivity contribution >= 4 is 27.5 Å². The van der Waals surface area contributed by atoms with Crippen LogP contribution < -0.4 is 15.2 Å². The lowest BCUT2D eigenvalue weighted by Crippen LogP contribution is -2.48. The van der Waals surface area contributed by atoms with Gasteiger partial charge in [0.15, 0.2) is 11.5 Å². The summed E-state index contributed by atoms with van der Waals surface area (Å²) in [5.74, 6) is 0.193. The molecular formula is C24H25ClN2O5S. The van der Waals surface area contributed by atoms with Gasteiger partial charge in [0.25, 0.3) is 0 Å². The molecule has 9 heteroatoms. The molecule has 0 aliphatic heterocycles. The topological polar surface area (TPSA) is 98.9 Å². The van der Waals surface area contributed by atoms with Crippen LogP contribution in [0.4, 0.5) is 0 Å². The number of rotatable bonds is 10. The van der Waals surface area contributed by atoms with E-state index in [0.29, 0.717) is 22.1 Å². The van der Waals surface area contributed by atoms with Crippen LogP contribution >= 0.6 is 11.6 Å². The Hall–Kier alpha value is -3.07. The fourth-order valence-corrected chi connectivity index (χ4v) is 5.15. The number of sulfonamides is 1. The van der Waals surface area contributed by atoms with Gasteiger partial charge in [-0.1, -0.05) is 48.0 Å². The number of carbonyl (C=O) groups excluding carboxylic acids is 1. The molecule has 0 unspecified atom stereocenters. The highest BCUT2D eigenvalue weighted by Gasteiger charge is 2.35. The predicted octanol–water partition coefficient (Wildman–Crippen LogP) is 3.64. The zero-order valence-corrected chi connectivity index (χ0v) is 19.8. The Bertz CT molecular complexity index is 1200. The van der Waals surface area contributed by atoms with E-state index in [-0.39, 0.29) is 17.9 Å². The minimum absolute atomic E-state index is 0.00619. The van der Waals surface area contributed by atoms with Gasteiger partial charge in [0.05, 0.1) is 19.1 Å². The lowest BCUT2D eigenvalue weighted by molar-refractivity contribution is -0.121. The standard InChI is InChI=1S/C24H25ClN2O5S/c1-31-22-13-8-18(15-23(22)32-2)16-27(33(29,30)20-11-9-19(25)10-12-20)21(24(26)28)14-17-6-4-3-5-7-17/h3-13,15,21H,14,16H2,1-2H3,(H2,26,28)/t21-/m0/s1. The predicted molar refractivity (Wildman–Crippen MR) is 127 cm³/mol. The maximum Gasteiger partial charge on any atom is 0.244 e. The summed E-state index contributed by atoms with van der Waals surface area (Å²) < 4.78 is 39.1. The molecular weight excluding hydrogens is 464 g/mol. The molecule has 0 bridgehead atoms. The van der Waals surface area contributed by atoms with Crippen molar-refractivity contribution in [2.24, 2.45) is 5.73 Å². The van der Waals surface area contributed by atoms with E-state index >= 15 is 0 Å². The van der Waals surface area contributed by atoms with E-state index in [1.807, 2.05) is 30.3 Å². The van der Waals surface area contributed by atoms with Crippen molar-refractivity contribution in [1.29, 1.82) is 0 Å². The fraction of sp³-hybridized carbons (Fsp3) is 0.208. The molecule has 1 amide bonds. The van der Waals surface area contributed by atoms with Crippen molar-refractivity contribution in [2.75, 3.05) is 14.2 Å². The zero-order chi connectivity index (χ0) is 24.0. The quantitative estimate of drug-likeness (QED) is 0.469. The molecule has 0 heterocycles. The van der Waals surface area contributed by atoms with Gasteiger partial charge in [-0.25, -0.2) is 8.42 Å². The van der Waals surface area contributed by atoms with Gasteiger partial charge in [-0.15, -0.1) is 0 Å². The van der Waals surface area contributed by atoms with Crippen LogP contribution in [0.3, 0.4) is 0 Å². The molecule has 0 spiro atoms. The van der Waals surface area contributed by atoms with Crippen LogP contribution in [-0.2, 0) is 27.8 Å². The Labute approximate surface area is 198 Å². The summed E-state index contributed by atoms with van der Waals surface area (Å²) in [6.45, 7) is -0.105. The molecule has 3 aromatic rings. The van der Waals surface area contributed by atoms with E-state index in [1.165, 1.54) is 38.5 Å². The number of primary amides is 1. The smallest absolute Gasteiger partial charge is 0.244 e. The molecule has 174 valence electrons. The zero-order valence-electron chi connectivity index (χ0n) is 18.3. The number of methoxy groups -OCH3 is 2. The first-order valence-corrected chi connectivity index (χ1v) is 11.9. The van der Waals surface area contributed by atoms with Crippen LogP contribution in [0, 0.1) is 0 Å². The minimum atomic E-state index is -4.11. The van der Waals surface area contributed by atoms with Crippen LogP contribution in [0.15, 0.2) is 77.7 Å². The molecule has 3 aromatic carbocycles. The van der Waals surface area contributed by atoms with Crippen LogP contribution in [0.5, 0.6) is 11.5 Å². The summed E-state index contributed by atoms with van der Waals surface area (Å²) in [6, 6.07) is 18.8. The maximum absolute atomic E-state index is 13.7. The molecule has 7 nitrogen and oxygen atoms in total. The van der Waals surface area contributed by atoms with E-state index in [0.717, 1.165) is 9.87 Å². The van der Waals surface area contributed by atoms with E-state index in [4.69, 9.17) is 26.8 Å². The van der Waals surface area contributed by atoms with Gasteiger partial charge in [-0.3, -0.25) is 4.79 Å². The lowest BCUT2D eigenvalue weighted by Gasteiger charge is -2.29. The number of benzene rings is 3. The van der Waals surface area contributed by atoms with Gasteiger partial charge in [-0.05, 0) is 53.9 Å². The Morgan fingerprint density at radius 3 is 2.15 bits per heavy atom. The molecule has 0 aromatic heterocycles. The molecule has 0 aliphatic carbocycles. The second kappa shape index (κ2) is 10.7. The largest absolute Gasteiger partial charge is 0.493 e. The van der Waals surface area contributed by atoms with Crippen molar-refractivity contribution in [3.8, 4) is 11.5 Å². The Morgan fingerprint density at radius 1 is 0.939 bits per heavy atom. The summed E-state index contributed by atoms with van der Waals surface area (Å²) in [6.07, 6.45) is 0.121. The Morgan fingerprint density at radius 2 is 1.58 bits per heavy atom. The van der Waals surface area contributed by atoms with Gasteiger partial charge >= 0.3 is 0 Å². The van der Waals surface area contributed by atoms with Gasteiger partial charge in [0.2, 0.25) is 15.9 Å². The lowest BCUT2D eigenvalue weighted by atomic mass is 10.0. The molecule has 1 atom stereocenters. The van der Waals surface area contributed by atoms with Crippen LogP contribution in [0.25, 0.3) is 0 Å². The van der Waals surface area contributed by atoms with Crippen molar-refractivity contribution < 1.29 is 22.7 Å². The second-order valence-corrected chi connectivity index (χ2v) is 9.63. The number of hydrogen-bond donors (Lipinski definition) is 1. The Kier molecular flexibility index (Phi) is 7.97. The van der Waals surface area contributed by atoms with E-state index in [1.54, 1.807) is 18.2 Å². The summed E-state index contributed by atoms with van der Waals surface area (Å²) in [4.78, 5) is 12.5. The maximum atomic E-state index is 13.7. The fourth-order valence-electron chi connectivity index (χ4n) is 3.45. The molecule has 0 fully saturated rings. The van der Waals surface area contributed by atoms with Gasteiger partial charge in [0.1, 0.15) is 6.04 Å². The number of amides is 1. The third-order valence-electron chi connectivity index (χ3n) is 5.15. The number of carbonyl (C=O) groups is 1. The average Bonchev–Trinajstić information content (AvgIpc) is 2.81. The van der Waals surface area contributed by atoms with Crippen molar-refractivity contribution in [3.05, 3.63) is 88.9 Å². The summed E-state index contributed by atoms with van der Waals surface area (Å²) in [5, 5.41) is 0.399. The molecule has 3 rings (SSSR count). The van der Waals surface area contributed by atoms with Crippen molar-refractivity contribution in [2.45, 2.75) is 23.9 Å². The highest BCUT2D eigenvalue weighted by molar-refractivity contribution is 7.89. The number of hydrogen-bond acceptors (Lipinski definition) is 5. The van der Waals surface area contributed by atoms with Crippen LogP contribution in [0.2, 0.25) is 5.02 Å². The number of halogens is 1. The molecule has 33 heavy (non-hydrogen) atoms. The van der Waals surface area contributed by atoms with Crippen LogP contribution in [0.1, 0.15) is 11.1 Å². The van der Waals surface area contributed by atoms with E-state index < -0.39 is 22.0 Å².